The first-order valence-corrected chi connectivity index (χ1v) is 14.4. The van der Waals surface area contributed by atoms with Crippen LogP contribution in [0, 0.1) is 12.3 Å². The van der Waals surface area contributed by atoms with Crippen molar-refractivity contribution in [3.05, 3.63) is 76.7 Å². The Bertz CT molecular complexity index is 1740. The lowest BCUT2D eigenvalue weighted by Crippen LogP contribution is -2.15. The maximum atomic E-state index is 4.93. The monoisotopic (exact) mass is 519 g/mol. The first-order valence-electron chi connectivity index (χ1n) is 13.6. The summed E-state index contributed by atoms with van der Waals surface area (Å²) in [6.07, 6.45) is 2.81. The van der Waals surface area contributed by atoms with E-state index in [9.17, 15) is 0 Å². The van der Waals surface area contributed by atoms with Gasteiger partial charge in [-0.15, -0.1) is 11.3 Å². The predicted octanol–water partition coefficient (Wildman–Crippen LogP) is 9.41. The van der Waals surface area contributed by atoms with E-state index in [1.54, 1.807) is 6.33 Å². The maximum absolute atomic E-state index is 4.93. The van der Waals surface area contributed by atoms with Gasteiger partial charge >= 0.3 is 0 Å². The SMILES string of the molecule is Cc1ccc2cc(-c3ncnc4c5c(sc34)-c3cc(CC(C)(C)C)ccc3C5(C)C)cc(C(C)(C)C)c2n1. The van der Waals surface area contributed by atoms with E-state index in [1.807, 2.05) is 11.3 Å². The molecule has 4 heteroatoms. The smallest absolute Gasteiger partial charge is 0.116 e. The topological polar surface area (TPSA) is 38.7 Å². The molecule has 194 valence electrons. The van der Waals surface area contributed by atoms with Crippen molar-refractivity contribution >= 4 is 32.5 Å². The summed E-state index contributed by atoms with van der Waals surface area (Å²) in [7, 11) is 0. The van der Waals surface area contributed by atoms with Crippen LogP contribution in [0.2, 0.25) is 0 Å². The Morgan fingerprint density at radius 2 is 1.63 bits per heavy atom. The second-order valence-electron chi connectivity index (χ2n) is 13.7. The number of hydrogen-bond donors (Lipinski definition) is 0. The third kappa shape index (κ3) is 3.96. The van der Waals surface area contributed by atoms with Crippen molar-refractivity contribution in [2.75, 3.05) is 0 Å². The normalized spacial score (nSPS) is 14.8. The molecule has 38 heavy (non-hydrogen) atoms. The van der Waals surface area contributed by atoms with Crippen LogP contribution < -0.4 is 0 Å². The molecule has 2 aromatic carbocycles. The summed E-state index contributed by atoms with van der Waals surface area (Å²) in [6.45, 7) is 20.5. The number of thiophene rings is 1. The number of rotatable bonds is 2. The van der Waals surface area contributed by atoms with Gasteiger partial charge in [0.05, 0.1) is 21.4 Å². The Morgan fingerprint density at radius 3 is 2.34 bits per heavy atom. The van der Waals surface area contributed by atoms with Crippen LogP contribution in [0.25, 0.3) is 42.8 Å². The zero-order valence-corrected chi connectivity index (χ0v) is 24.9. The molecule has 0 radical (unpaired) electrons. The Kier molecular flexibility index (Phi) is 5.43. The van der Waals surface area contributed by atoms with Gasteiger partial charge in [-0.2, -0.15) is 0 Å². The standard InChI is InChI=1S/C34H37N3S/c1-19-10-12-21-15-22(16-25(27(21)37-19)33(5,6)7)28-31-29(36-18-35-28)26-30(38-31)23-14-20(17-32(2,3)4)11-13-24(23)34(26,8)9/h10-16,18H,17H2,1-9H3. The van der Waals surface area contributed by atoms with Crippen LogP contribution in [0.15, 0.2) is 48.8 Å². The molecule has 0 amide bonds. The average Bonchev–Trinajstić information content (AvgIpc) is 3.31. The van der Waals surface area contributed by atoms with Gasteiger partial charge in [0, 0.05) is 32.5 Å². The van der Waals surface area contributed by atoms with E-state index in [2.05, 4.69) is 105 Å². The van der Waals surface area contributed by atoms with Gasteiger partial charge in [-0.25, -0.2) is 9.97 Å². The van der Waals surface area contributed by atoms with Crippen LogP contribution in [-0.4, -0.2) is 15.0 Å². The summed E-state index contributed by atoms with van der Waals surface area (Å²) in [4.78, 5) is 16.1. The van der Waals surface area contributed by atoms with Gasteiger partial charge < -0.3 is 0 Å². The van der Waals surface area contributed by atoms with Crippen LogP contribution in [0.1, 0.15) is 83.3 Å². The number of benzene rings is 2. The van der Waals surface area contributed by atoms with Crippen LogP contribution in [0.3, 0.4) is 0 Å². The zero-order valence-electron chi connectivity index (χ0n) is 24.1. The summed E-state index contributed by atoms with van der Waals surface area (Å²) in [5, 5.41) is 1.16. The molecule has 0 spiro atoms. The lowest BCUT2D eigenvalue weighted by molar-refractivity contribution is 0.411. The van der Waals surface area contributed by atoms with Crippen molar-refractivity contribution in [3.63, 3.8) is 0 Å². The van der Waals surface area contributed by atoms with Gasteiger partial charge in [0.25, 0.3) is 0 Å². The molecule has 0 unspecified atom stereocenters. The van der Waals surface area contributed by atoms with Crippen molar-refractivity contribution in [2.45, 2.75) is 79.6 Å². The van der Waals surface area contributed by atoms with Crippen LogP contribution in [0.4, 0.5) is 0 Å². The summed E-state index contributed by atoms with van der Waals surface area (Å²) < 4.78 is 1.18. The van der Waals surface area contributed by atoms with Gasteiger partial charge in [0.15, 0.2) is 0 Å². The zero-order chi connectivity index (χ0) is 27.2. The highest BCUT2D eigenvalue weighted by Crippen LogP contribution is 2.56. The first-order chi connectivity index (χ1) is 17.7. The third-order valence-corrected chi connectivity index (χ3v) is 9.07. The fraction of sp³-hybridized carbons (Fsp3) is 0.382. The second-order valence-corrected chi connectivity index (χ2v) is 14.8. The van der Waals surface area contributed by atoms with Crippen LogP contribution in [0.5, 0.6) is 0 Å². The molecule has 0 fully saturated rings. The van der Waals surface area contributed by atoms with Gasteiger partial charge in [-0.1, -0.05) is 73.6 Å². The molecule has 0 N–H and O–H groups in total. The Morgan fingerprint density at radius 1 is 0.868 bits per heavy atom. The molecule has 0 aliphatic heterocycles. The van der Waals surface area contributed by atoms with Gasteiger partial charge in [0.2, 0.25) is 0 Å². The van der Waals surface area contributed by atoms with E-state index in [0.717, 1.165) is 39.8 Å². The quantitative estimate of drug-likeness (QED) is 0.233. The third-order valence-electron chi connectivity index (χ3n) is 7.85. The molecular weight excluding hydrogens is 482 g/mol. The van der Waals surface area contributed by atoms with Crippen LogP contribution in [-0.2, 0) is 17.3 Å². The minimum absolute atomic E-state index is 0.0389. The Labute approximate surface area is 230 Å². The molecule has 3 aromatic heterocycles. The number of nitrogens with zero attached hydrogens (tertiary/aromatic N) is 3. The fourth-order valence-corrected chi connectivity index (χ4v) is 7.56. The Hall–Kier alpha value is -3.11. The van der Waals surface area contributed by atoms with Crippen LogP contribution >= 0.6 is 11.3 Å². The number of aryl methyl sites for hydroxylation is 1. The largest absolute Gasteiger partial charge is 0.253 e. The average molecular weight is 520 g/mol. The number of pyridine rings is 1. The molecule has 5 aromatic rings. The van der Waals surface area contributed by atoms with E-state index >= 15 is 0 Å². The summed E-state index contributed by atoms with van der Waals surface area (Å²) in [5.41, 5.74) is 12.3. The van der Waals surface area contributed by atoms with E-state index in [0.29, 0.717) is 0 Å². The predicted molar refractivity (Wildman–Crippen MR) is 162 cm³/mol. The van der Waals surface area contributed by atoms with Crippen molar-refractivity contribution in [1.29, 1.82) is 0 Å². The first kappa shape index (κ1) is 25.2. The number of fused-ring (bicyclic) bond motifs is 6. The highest BCUT2D eigenvalue weighted by molar-refractivity contribution is 7.23. The molecule has 3 heterocycles. The van der Waals surface area contributed by atoms with Gasteiger partial charge in [-0.3, -0.25) is 4.98 Å². The van der Waals surface area contributed by atoms with E-state index in [-0.39, 0.29) is 16.2 Å². The summed E-state index contributed by atoms with van der Waals surface area (Å²) >= 11 is 1.86. The molecular formula is C34H37N3S. The highest BCUT2D eigenvalue weighted by atomic mass is 32.1. The summed E-state index contributed by atoms with van der Waals surface area (Å²) in [5.74, 6) is 0. The molecule has 6 rings (SSSR count). The lowest BCUT2D eigenvalue weighted by Gasteiger charge is -2.23. The molecule has 0 saturated carbocycles. The van der Waals surface area contributed by atoms with Gasteiger partial charge in [-0.05, 0) is 70.7 Å². The minimum Gasteiger partial charge on any atom is -0.253 e. The molecule has 0 bridgehead atoms. The second kappa shape index (κ2) is 8.19. The fourth-order valence-electron chi connectivity index (χ4n) is 6.11. The molecule has 1 aliphatic carbocycles. The molecule has 1 aliphatic rings. The Balaban J connectivity index is 1.59. The number of aromatic nitrogens is 3. The maximum Gasteiger partial charge on any atom is 0.116 e. The van der Waals surface area contributed by atoms with Gasteiger partial charge in [0.1, 0.15) is 6.33 Å². The van der Waals surface area contributed by atoms with Crippen molar-refractivity contribution in [1.82, 2.24) is 15.0 Å². The minimum atomic E-state index is -0.101. The lowest BCUT2D eigenvalue weighted by atomic mass is 9.81. The molecule has 3 nitrogen and oxygen atoms in total. The van der Waals surface area contributed by atoms with Crippen molar-refractivity contribution < 1.29 is 0 Å². The van der Waals surface area contributed by atoms with E-state index in [1.165, 1.54) is 37.4 Å². The highest BCUT2D eigenvalue weighted by Gasteiger charge is 2.40. The number of hydrogen-bond acceptors (Lipinski definition) is 4. The molecule has 0 saturated heterocycles. The van der Waals surface area contributed by atoms with E-state index < -0.39 is 0 Å². The summed E-state index contributed by atoms with van der Waals surface area (Å²) in [6, 6.07) is 16.0. The van der Waals surface area contributed by atoms with E-state index in [4.69, 9.17) is 15.0 Å². The van der Waals surface area contributed by atoms with Crippen molar-refractivity contribution in [2.24, 2.45) is 5.41 Å². The molecule has 0 atom stereocenters. The van der Waals surface area contributed by atoms with Crippen molar-refractivity contribution in [3.8, 4) is 21.7 Å².